The molecule has 2 heterocycles. The molecule has 0 radical (unpaired) electrons. The zero-order chi connectivity index (χ0) is 16.6. The average Bonchev–Trinajstić information content (AvgIpc) is 2.65. The van der Waals surface area contributed by atoms with Gasteiger partial charge >= 0.3 is 5.97 Å². The zero-order valence-corrected chi connectivity index (χ0v) is 15.9. The van der Waals surface area contributed by atoms with Gasteiger partial charge in [0.1, 0.15) is 12.6 Å². The maximum Gasteiger partial charge on any atom is 0.328 e. The number of hydrogen-bond donors (Lipinski definition) is 0. The number of carbonyl (C=O) groups is 1. The van der Waals surface area contributed by atoms with Crippen LogP contribution >= 0.6 is 12.4 Å². The van der Waals surface area contributed by atoms with Crippen molar-refractivity contribution in [1.82, 2.24) is 9.80 Å². The van der Waals surface area contributed by atoms with Gasteiger partial charge in [-0.3, -0.25) is 9.80 Å². The van der Waals surface area contributed by atoms with Crippen molar-refractivity contribution < 1.29 is 9.53 Å². The van der Waals surface area contributed by atoms with Gasteiger partial charge in [0.15, 0.2) is 0 Å². The summed E-state index contributed by atoms with van der Waals surface area (Å²) in [6.07, 6.45) is 7.49. The lowest BCUT2D eigenvalue weighted by Gasteiger charge is -2.33. The largest absolute Gasteiger partial charge is 0.463 e. The minimum absolute atomic E-state index is 0. The molecule has 2 aliphatic rings. The van der Waals surface area contributed by atoms with E-state index in [9.17, 15) is 4.79 Å². The number of rotatable bonds is 6. The number of nitrogens with zero attached hydrogens (tertiary/aromatic N) is 2. The van der Waals surface area contributed by atoms with Gasteiger partial charge in [-0.25, -0.2) is 4.79 Å². The molecule has 0 N–H and O–H groups in total. The molecule has 0 aromatic heterocycles. The summed E-state index contributed by atoms with van der Waals surface area (Å²) in [5.74, 6) is -0.0832. The van der Waals surface area contributed by atoms with Crippen molar-refractivity contribution >= 4 is 18.4 Å². The van der Waals surface area contributed by atoms with E-state index in [1.165, 1.54) is 38.5 Å². The van der Waals surface area contributed by atoms with E-state index < -0.39 is 0 Å². The third-order valence-electron chi connectivity index (χ3n) is 5.19. The molecular formula is C20H31ClN2O2. The molecule has 1 aromatic carbocycles. The predicted octanol–water partition coefficient (Wildman–Crippen LogP) is 3.66. The Kier molecular flexibility index (Phi) is 8.73. The third kappa shape index (κ3) is 5.98. The van der Waals surface area contributed by atoms with E-state index in [1.807, 2.05) is 30.3 Å². The third-order valence-corrected chi connectivity index (χ3v) is 5.19. The fourth-order valence-electron chi connectivity index (χ4n) is 3.85. The molecule has 0 unspecified atom stereocenters. The van der Waals surface area contributed by atoms with E-state index >= 15 is 0 Å². The highest BCUT2D eigenvalue weighted by Crippen LogP contribution is 2.26. The van der Waals surface area contributed by atoms with Gasteiger partial charge in [0.05, 0.1) is 0 Å². The number of benzene rings is 1. The van der Waals surface area contributed by atoms with Crippen molar-refractivity contribution in [1.29, 1.82) is 0 Å². The van der Waals surface area contributed by atoms with Crippen LogP contribution in [0.5, 0.6) is 0 Å². The Morgan fingerprint density at radius 3 is 2.16 bits per heavy atom. The molecule has 0 bridgehead atoms. The molecule has 2 saturated heterocycles. The van der Waals surface area contributed by atoms with Gasteiger partial charge in [0.25, 0.3) is 0 Å². The van der Waals surface area contributed by atoms with Crippen LogP contribution in [-0.2, 0) is 9.53 Å². The molecule has 0 saturated carbocycles. The number of carbonyl (C=O) groups excluding carboxylic acids is 1. The van der Waals surface area contributed by atoms with Gasteiger partial charge in [-0.05, 0) is 57.4 Å². The van der Waals surface area contributed by atoms with Crippen LogP contribution in [0.15, 0.2) is 30.3 Å². The van der Waals surface area contributed by atoms with Crippen LogP contribution < -0.4 is 0 Å². The highest BCUT2D eigenvalue weighted by molar-refractivity contribution is 5.85. The normalized spacial score (nSPS) is 20.5. The number of likely N-dealkylation sites (tertiary alicyclic amines) is 2. The molecule has 2 fully saturated rings. The monoisotopic (exact) mass is 366 g/mol. The van der Waals surface area contributed by atoms with E-state index in [1.54, 1.807) is 0 Å². The van der Waals surface area contributed by atoms with Crippen molar-refractivity contribution in [2.45, 2.75) is 44.6 Å². The molecular weight excluding hydrogens is 336 g/mol. The van der Waals surface area contributed by atoms with Crippen LogP contribution in [0.25, 0.3) is 0 Å². The van der Waals surface area contributed by atoms with Crippen molar-refractivity contribution in [2.24, 2.45) is 0 Å². The molecule has 3 rings (SSSR count). The van der Waals surface area contributed by atoms with Crippen LogP contribution in [-0.4, -0.2) is 55.1 Å². The Bertz CT molecular complexity index is 500. The van der Waals surface area contributed by atoms with Crippen LogP contribution in [0.1, 0.15) is 50.1 Å². The van der Waals surface area contributed by atoms with Crippen molar-refractivity contribution in [3.05, 3.63) is 35.9 Å². The summed E-state index contributed by atoms with van der Waals surface area (Å²) in [4.78, 5) is 17.5. The van der Waals surface area contributed by atoms with Crippen LogP contribution in [0.2, 0.25) is 0 Å². The number of halogens is 1. The lowest BCUT2D eigenvalue weighted by molar-refractivity contribution is -0.151. The molecule has 1 atom stereocenters. The Morgan fingerprint density at radius 1 is 0.920 bits per heavy atom. The molecule has 0 spiro atoms. The highest BCUT2D eigenvalue weighted by atomic mass is 35.5. The maximum absolute atomic E-state index is 12.8. The minimum Gasteiger partial charge on any atom is -0.463 e. The zero-order valence-electron chi connectivity index (χ0n) is 15.1. The second-order valence-electron chi connectivity index (χ2n) is 6.98. The Hall–Kier alpha value is -1.10. The van der Waals surface area contributed by atoms with Crippen molar-refractivity contribution in [3.8, 4) is 0 Å². The van der Waals surface area contributed by atoms with E-state index in [4.69, 9.17) is 4.74 Å². The first-order valence-electron chi connectivity index (χ1n) is 9.52. The summed E-state index contributed by atoms with van der Waals surface area (Å²) in [5.41, 5.74) is 1.06. The molecule has 0 aliphatic carbocycles. The molecule has 0 amide bonds. The summed E-state index contributed by atoms with van der Waals surface area (Å²) in [6.45, 7) is 5.64. The first-order chi connectivity index (χ1) is 11.8. The number of hydrogen-bond acceptors (Lipinski definition) is 4. The smallest absolute Gasteiger partial charge is 0.328 e. The average molecular weight is 367 g/mol. The van der Waals surface area contributed by atoms with Gasteiger partial charge in [0.2, 0.25) is 0 Å². The molecule has 5 heteroatoms. The summed E-state index contributed by atoms with van der Waals surface area (Å²) >= 11 is 0. The van der Waals surface area contributed by atoms with Gasteiger partial charge in [-0.2, -0.15) is 0 Å². The standard InChI is InChI=1S/C20H30N2O2.ClH/c23-20(24-17-16-21-12-6-2-7-13-21)19(18-10-4-1-5-11-18)22-14-8-3-9-15-22;/h1,4-5,10-11,19H,2-3,6-9,12-17H2;1H/t19-;/m0./s1. The molecule has 1 aromatic rings. The highest BCUT2D eigenvalue weighted by Gasteiger charge is 2.30. The lowest BCUT2D eigenvalue weighted by atomic mass is 10.0. The van der Waals surface area contributed by atoms with Gasteiger partial charge in [-0.15, -0.1) is 12.4 Å². The quantitative estimate of drug-likeness (QED) is 0.719. The first-order valence-corrected chi connectivity index (χ1v) is 9.52. The predicted molar refractivity (Wildman–Crippen MR) is 103 cm³/mol. The van der Waals surface area contributed by atoms with Gasteiger partial charge < -0.3 is 4.74 Å². The SMILES string of the molecule is Cl.O=C(OCCN1CCCCC1)[C@H](c1ccccc1)N1CCCCC1. The molecule has 140 valence electrons. The fraction of sp³-hybridized carbons (Fsp3) is 0.650. The molecule has 2 aliphatic heterocycles. The van der Waals surface area contributed by atoms with Gasteiger partial charge in [-0.1, -0.05) is 43.2 Å². The summed E-state index contributed by atoms with van der Waals surface area (Å²) in [6, 6.07) is 9.86. The Labute approximate surface area is 157 Å². The number of ether oxygens (including phenoxy) is 1. The maximum atomic E-state index is 12.8. The van der Waals surface area contributed by atoms with Crippen LogP contribution in [0.4, 0.5) is 0 Å². The number of piperidine rings is 2. The number of esters is 1. The summed E-state index contributed by atoms with van der Waals surface area (Å²) in [5, 5.41) is 0. The molecule has 4 nitrogen and oxygen atoms in total. The minimum atomic E-state index is -0.243. The lowest BCUT2D eigenvalue weighted by Crippen LogP contribution is -2.40. The van der Waals surface area contributed by atoms with E-state index in [0.717, 1.165) is 38.3 Å². The fourth-order valence-corrected chi connectivity index (χ4v) is 3.85. The summed E-state index contributed by atoms with van der Waals surface area (Å²) in [7, 11) is 0. The van der Waals surface area contributed by atoms with E-state index in [-0.39, 0.29) is 24.4 Å². The molecule has 25 heavy (non-hydrogen) atoms. The second kappa shape index (κ2) is 10.8. The van der Waals surface area contributed by atoms with E-state index in [2.05, 4.69) is 9.80 Å². The topological polar surface area (TPSA) is 32.8 Å². The van der Waals surface area contributed by atoms with Crippen molar-refractivity contribution in [3.63, 3.8) is 0 Å². The van der Waals surface area contributed by atoms with E-state index in [0.29, 0.717) is 6.61 Å². The summed E-state index contributed by atoms with van der Waals surface area (Å²) < 4.78 is 5.69. The second-order valence-corrected chi connectivity index (χ2v) is 6.98. The Balaban J connectivity index is 0.00000225. The van der Waals surface area contributed by atoms with Crippen molar-refractivity contribution in [2.75, 3.05) is 39.3 Å². The Morgan fingerprint density at radius 2 is 1.52 bits per heavy atom. The van der Waals surface area contributed by atoms with Gasteiger partial charge in [0, 0.05) is 6.54 Å². The first kappa shape index (κ1) is 20.2. The van der Waals surface area contributed by atoms with Crippen LogP contribution in [0, 0.1) is 0 Å². The van der Waals surface area contributed by atoms with Crippen LogP contribution in [0.3, 0.4) is 0 Å².